The maximum absolute atomic E-state index is 14.2. The molecular weight excluding hydrogens is 381 g/mol. The Morgan fingerprint density at radius 3 is 2.76 bits per heavy atom. The molecule has 4 aromatic rings. The molecule has 4 rings (SSSR count). The molecule has 0 radical (unpaired) electrons. The van der Waals surface area contributed by atoms with Gasteiger partial charge in [-0.15, -0.1) is 0 Å². The molecule has 1 N–H and O–H groups in total. The van der Waals surface area contributed by atoms with Crippen LogP contribution in [0.2, 0.25) is 0 Å². The van der Waals surface area contributed by atoms with Gasteiger partial charge < -0.3 is 19.0 Å². The summed E-state index contributed by atoms with van der Waals surface area (Å²) in [7, 11) is 1.21. The van der Waals surface area contributed by atoms with Crippen LogP contribution in [-0.4, -0.2) is 29.1 Å². The van der Waals surface area contributed by atoms with Crippen LogP contribution in [0.25, 0.3) is 22.6 Å². The number of carbonyl (C=O) groups is 2. The molecule has 0 fully saturated rings. The molecule has 0 aliphatic heterocycles. The van der Waals surface area contributed by atoms with Gasteiger partial charge >= 0.3 is 5.97 Å². The molecule has 0 saturated heterocycles. The molecular formula is C20H14FN3O5. The third kappa shape index (κ3) is 3.33. The third-order valence-corrected chi connectivity index (χ3v) is 4.27. The number of benzene rings is 1. The molecule has 1 aromatic carbocycles. The van der Waals surface area contributed by atoms with E-state index in [0.717, 1.165) is 6.07 Å². The predicted molar refractivity (Wildman–Crippen MR) is 99.9 cm³/mol. The Kier molecular flexibility index (Phi) is 4.55. The van der Waals surface area contributed by atoms with Crippen LogP contribution in [0.1, 0.15) is 26.4 Å². The minimum Gasteiger partial charge on any atom is -0.465 e. The maximum Gasteiger partial charge on any atom is 0.337 e. The normalized spacial score (nSPS) is 10.9. The molecule has 3 heterocycles. The Balaban J connectivity index is 1.78. The van der Waals surface area contributed by atoms with Gasteiger partial charge in [-0.3, -0.25) is 4.79 Å². The highest BCUT2D eigenvalue weighted by Crippen LogP contribution is 2.28. The van der Waals surface area contributed by atoms with Crippen molar-refractivity contribution in [2.45, 2.75) is 6.92 Å². The maximum atomic E-state index is 14.2. The van der Waals surface area contributed by atoms with Crippen molar-refractivity contribution in [2.24, 2.45) is 0 Å². The Bertz CT molecular complexity index is 1230. The first-order chi connectivity index (χ1) is 14.0. The minimum absolute atomic E-state index is 0.0986. The highest BCUT2D eigenvalue weighted by Gasteiger charge is 2.21. The average molecular weight is 395 g/mol. The van der Waals surface area contributed by atoms with Crippen molar-refractivity contribution < 1.29 is 27.7 Å². The van der Waals surface area contributed by atoms with E-state index in [-0.39, 0.29) is 22.5 Å². The van der Waals surface area contributed by atoms with Crippen molar-refractivity contribution in [1.29, 1.82) is 0 Å². The van der Waals surface area contributed by atoms with Gasteiger partial charge in [-0.05, 0) is 43.3 Å². The summed E-state index contributed by atoms with van der Waals surface area (Å²) >= 11 is 0. The summed E-state index contributed by atoms with van der Waals surface area (Å²) < 4.78 is 29.4. The highest BCUT2D eigenvalue weighted by molar-refractivity contribution is 6.13. The Morgan fingerprint density at radius 1 is 1.21 bits per heavy atom. The number of aryl methyl sites for hydroxylation is 1. The van der Waals surface area contributed by atoms with E-state index in [2.05, 4.69) is 20.2 Å². The van der Waals surface area contributed by atoms with Crippen LogP contribution in [0.5, 0.6) is 0 Å². The summed E-state index contributed by atoms with van der Waals surface area (Å²) in [5.74, 6) is -1.56. The number of nitrogens with one attached hydrogen (secondary N) is 1. The topological polar surface area (TPSA) is 107 Å². The van der Waals surface area contributed by atoms with Gasteiger partial charge in [0.15, 0.2) is 5.76 Å². The lowest BCUT2D eigenvalue weighted by Gasteiger charge is -2.09. The second-order valence-corrected chi connectivity index (χ2v) is 6.12. The lowest BCUT2D eigenvalue weighted by atomic mass is 10.1. The van der Waals surface area contributed by atoms with Gasteiger partial charge in [0.25, 0.3) is 11.6 Å². The van der Waals surface area contributed by atoms with Crippen LogP contribution < -0.4 is 5.32 Å². The van der Waals surface area contributed by atoms with Gasteiger partial charge in [0.05, 0.1) is 41.3 Å². The fourth-order valence-corrected chi connectivity index (χ4v) is 2.88. The molecule has 0 bridgehead atoms. The zero-order chi connectivity index (χ0) is 20.5. The molecule has 9 heteroatoms. The number of furan rings is 1. The predicted octanol–water partition coefficient (Wildman–Crippen LogP) is 3.97. The van der Waals surface area contributed by atoms with E-state index in [1.807, 2.05) is 0 Å². The average Bonchev–Trinajstić information content (AvgIpc) is 3.38. The standard InChI is InChI=1S/C20H14FN3O5/c1-10-17-12(9-15(16-4-3-7-28-16)23-19(17)29-24-10)18(25)22-14-8-11(20(26)27-2)5-6-13(14)21/h3-9H,1-2H3,(H,22,25). The summed E-state index contributed by atoms with van der Waals surface area (Å²) in [4.78, 5) is 29.0. The number of hydrogen-bond donors (Lipinski definition) is 1. The van der Waals surface area contributed by atoms with Gasteiger partial charge in [0.2, 0.25) is 0 Å². The van der Waals surface area contributed by atoms with E-state index in [9.17, 15) is 14.0 Å². The Labute approximate surface area is 163 Å². The number of carbonyl (C=O) groups excluding carboxylic acids is 2. The van der Waals surface area contributed by atoms with Crippen molar-refractivity contribution in [2.75, 3.05) is 12.4 Å². The molecule has 0 unspecified atom stereocenters. The van der Waals surface area contributed by atoms with Gasteiger partial charge in [-0.2, -0.15) is 0 Å². The van der Waals surface area contributed by atoms with Gasteiger partial charge in [-0.25, -0.2) is 14.2 Å². The molecule has 1 amide bonds. The monoisotopic (exact) mass is 395 g/mol. The number of fused-ring (bicyclic) bond motifs is 1. The van der Waals surface area contributed by atoms with Crippen molar-refractivity contribution in [3.8, 4) is 11.5 Å². The minimum atomic E-state index is -0.704. The molecule has 3 aromatic heterocycles. The molecule has 0 aliphatic rings. The van der Waals surface area contributed by atoms with Crippen LogP contribution in [-0.2, 0) is 4.74 Å². The molecule has 146 valence electrons. The summed E-state index contributed by atoms with van der Waals surface area (Å²) in [6, 6.07) is 8.40. The first kappa shape index (κ1) is 18.4. The highest BCUT2D eigenvalue weighted by atomic mass is 19.1. The van der Waals surface area contributed by atoms with Crippen molar-refractivity contribution in [1.82, 2.24) is 10.1 Å². The van der Waals surface area contributed by atoms with E-state index < -0.39 is 17.7 Å². The molecule has 0 spiro atoms. The van der Waals surface area contributed by atoms with Crippen LogP contribution in [0, 0.1) is 12.7 Å². The van der Waals surface area contributed by atoms with Gasteiger partial charge in [0.1, 0.15) is 11.5 Å². The number of ether oxygens (including phenoxy) is 1. The van der Waals surface area contributed by atoms with Gasteiger partial charge in [0, 0.05) is 0 Å². The van der Waals surface area contributed by atoms with Gasteiger partial charge in [-0.1, -0.05) is 5.16 Å². The largest absolute Gasteiger partial charge is 0.465 e. The number of aromatic nitrogens is 2. The first-order valence-electron chi connectivity index (χ1n) is 8.48. The Hall–Kier alpha value is -4.01. The lowest BCUT2D eigenvalue weighted by Crippen LogP contribution is -2.15. The number of anilines is 1. The van der Waals surface area contributed by atoms with E-state index in [1.165, 1.54) is 31.6 Å². The molecule has 8 nitrogen and oxygen atoms in total. The van der Waals surface area contributed by atoms with Crippen LogP contribution in [0.4, 0.5) is 10.1 Å². The van der Waals surface area contributed by atoms with Crippen LogP contribution >= 0.6 is 0 Å². The number of nitrogens with zero attached hydrogens (tertiary/aromatic N) is 2. The quantitative estimate of drug-likeness (QED) is 0.521. The smallest absolute Gasteiger partial charge is 0.337 e. The molecule has 0 saturated carbocycles. The molecule has 0 atom stereocenters. The number of esters is 1. The van der Waals surface area contributed by atoms with E-state index in [0.29, 0.717) is 22.5 Å². The third-order valence-electron chi connectivity index (χ3n) is 4.27. The van der Waals surface area contributed by atoms with Crippen molar-refractivity contribution in [3.63, 3.8) is 0 Å². The fourth-order valence-electron chi connectivity index (χ4n) is 2.88. The zero-order valence-corrected chi connectivity index (χ0v) is 15.4. The fraction of sp³-hybridized carbons (Fsp3) is 0.100. The zero-order valence-electron chi connectivity index (χ0n) is 15.4. The van der Waals surface area contributed by atoms with E-state index in [4.69, 9.17) is 8.94 Å². The van der Waals surface area contributed by atoms with Crippen LogP contribution in [0.15, 0.2) is 51.6 Å². The number of hydrogen-bond acceptors (Lipinski definition) is 7. The van der Waals surface area contributed by atoms with Crippen LogP contribution in [0.3, 0.4) is 0 Å². The summed E-state index contributed by atoms with van der Waals surface area (Å²) in [5.41, 5.74) is 1.05. The summed E-state index contributed by atoms with van der Waals surface area (Å²) in [5, 5.41) is 6.72. The number of pyridine rings is 1. The van der Waals surface area contributed by atoms with E-state index >= 15 is 0 Å². The SMILES string of the molecule is COC(=O)c1ccc(F)c(NC(=O)c2cc(-c3ccco3)nc3onc(C)c23)c1. The number of amides is 1. The Morgan fingerprint density at radius 2 is 2.03 bits per heavy atom. The summed E-state index contributed by atoms with van der Waals surface area (Å²) in [6.45, 7) is 1.66. The van der Waals surface area contributed by atoms with Crippen molar-refractivity contribution in [3.05, 3.63) is 65.3 Å². The second kappa shape index (κ2) is 7.19. The second-order valence-electron chi connectivity index (χ2n) is 6.12. The van der Waals surface area contributed by atoms with Crippen molar-refractivity contribution >= 4 is 28.7 Å². The number of rotatable bonds is 4. The molecule has 0 aliphatic carbocycles. The molecule has 29 heavy (non-hydrogen) atoms. The summed E-state index contributed by atoms with van der Waals surface area (Å²) in [6.07, 6.45) is 1.47. The lowest BCUT2D eigenvalue weighted by molar-refractivity contribution is 0.0600. The van der Waals surface area contributed by atoms with E-state index in [1.54, 1.807) is 19.1 Å². The number of halogens is 1. The first-order valence-corrected chi connectivity index (χ1v) is 8.48. The number of methoxy groups -OCH3 is 1.